The van der Waals surface area contributed by atoms with Crippen LogP contribution >= 0.6 is 0 Å². The van der Waals surface area contributed by atoms with Crippen LogP contribution in [0.15, 0.2) is 0 Å². The molecule has 104 valence electrons. The molecule has 17 heavy (non-hydrogen) atoms. The van der Waals surface area contributed by atoms with Gasteiger partial charge in [0.25, 0.3) is 0 Å². The highest BCUT2D eigenvalue weighted by molar-refractivity contribution is 4.59. The van der Waals surface area contributed by atoms with Crippen molar-refractivity contribution >= 4 is 0 Å². The molecule has 0 aromatic carbocycles. The van der Waals surface area contributed by atoms with Gasteiger partial charge in [-0.2, -0.15) is 0 Å². The maximum Gasteiger partial charge on any atom is 0.0490 e. The van der Waals surface area contributed by atoms with E-state index in [0.717, 1.165) is 12.5 Å². The van der Waals surface area contributed by atoms with Crippen molar-refractivity contribution in [2.45, 2.75) is 84.5 Å². The number of unbranched alkanes of at least 4 members (excludes halogenated alkanes) is 7. The number of hydrogen-bond donors (Lipinski definition) is 0. The fourth-order valence-electron chi connectivity index (χ4n) is 2.44. The van der Waals surface area contributed by atoms with E-state index in [-0.39, 0.29) is 0 Å². The first kappa shape index (κ1) is 17.0. The van der Waals surface area contributed by atoms with E-state index >= 15 is 0 Å². The Labute approximate surface area is 109 Å². The Bertz CT molecular complexity index is 133. The maximum atomic E-state index is 5.34. The van der Waals surface area contributed by atoms with Crippen LogP contribution in [0.25, 0.3) is 0 Å². The lowest BCUT2D eigenvalue weighted by molar-refractivity contribution is 0.140. The summed E-state index contributed by atoms with van der Waals surface area (Å²) in [5, 5.41) is 0. The largest absolute Gasteiger partial charge is 0.384 e. The molecule has 0 amide bonds. The summed E-state index contributed by atoms with van der Waals surface area (Å²) >= 11 is 0. The molecule has 1 heteroatoms. The third-order valence-electron chi connectivity index (χ3n) is 3.58. The lowest BCUT2D eigenvalue weighted by Gasteiger charge is -2.15. The van der Waals surface area contributed by atoms with Crippen LogP contribution in [-0.2, 0) is 4.74 Å². The van der Waals surface area contributed by atoms with E-state index in [0.29, 0.717) is 0 Å². The summed E-state index contributed by atoms with van der Waals surface area (Å²) in [5.74, 6) is 0.818. The molecule has 0 radical (unpaired) electrons. The molecule has 0 heterocycles. The van der Waals surface area contributed by atoms with E-state index in [1.54, 1.807) is 0 Å². The minimum Gasteiger partial charge on any atom is -0.384 e. The van der Waals surface area contributed by atoms with Gasteiger partial charge >= 0.3 is 0 Å². The molecular formula is C16H34O. The van der Waals surface area contributed by atoms with Crippen molar-refractivity contribution in [1.29, 1.82) is 0 Å². The summed E-state index contributed by atoms with van der Waals surface area (Å²) < 4.78 is 5.34. The van der Waals surface area contributed by atoms with Crippen molar-refractivity contribution < 1.29 is 4.74 Å². The van der Waals surface area contributed by atoms with Crippen molar-refractivity contribution in [3.63, 3.8) is 0 Å². The zero-order valence-corrected chi connectivity index (χ0v) is 12.5. The summed E-state index contributed by atoms with van der Waals surface area (Å²) in [6.45, 7) is 5.53. The molecule has 0 spiro atoms. The van der Waals surface area contributed by atoms with Gasteiger partial charge in [-0.3, -0.25) is 0 Å². The molecule has 0 fully saturated rings. The van der Waals surface area contributed by atoms with Gasteiger partial charge in [-0.1, -0.05) is 71.6 Å². The van der Waals surface area contributed by atoms with E-state index in [9.17, 15) is 0 Å². The Balaban J connectivity index is 3.45. The molecule has 1 unspecified atom stereocenters. The van der Waals surface area contributed by atoms with Crippen LogP contribution in [0.3, 0.4) is 0 Å². The first-order valence-corrected chi connectivity index (χ1v) is 7.84. The molecule has 0 saturated carbocycles. The van der Waals surface area contributed by atoms with Crippen LogP contribution in [0.5, 0.6) is 0 Å². The van der Waals surface area contributed by atoms with Gasteiger partial charge in [-0.05, 0) is 18.8 Å². The Morgan fingerprint density at radius 1 is 0.706 bits per heavy atom. The lowest BCUT2D eigenvalue weighted by Crippen LogP contribution is -2.08. The molecule has 0 aromatic heterocycles. The second kappa shape index (κ2) is 14.0. The molecule has 0 aliphatic heterocycles. The Hall–Kier alpha value is -0.0400. The van der Waals surface area contributed by atoms with Crippen LogP contribution in [0.1, 0.15) is 84.5 Å². The third-order valence-corrected chi connectivity index (χ3v) is 3.58. The molecule has 0 aliphatic carbocycles. The number of methoxy groups -OCH3 is 1. The van der Waals surface area contributed by atoms with Crippen LogP contribution < -0.4 is 0 Å². The van der Waals surface area contributed by atoms with Gasteiger partial charge in [0.05, 0.1) is 0 Å². The van der Waals surface area contributed by atoms with E-state index in [2.05, 4.69) is 13.8 Å². The van der Waals surface area contributed by atoms with Crippen LogP contribution in [0.4, 0.5) is 0 Å². The van der Waals surface area contributed by atoms with E-state index in [1.165, 1.54) is 70.6 Å². The second-order valence-electron chi connectivity index (χ2n) is 5.37. The van der Waals surface area contributed by atoms with Gasteiger partial charge in [-0.25, -0.2) is 0 Å². The summed E-state index contributed by atoms with van der Waals surface area (Å²) in [5.41, 5.74) is 0. The van der Waals surface area contributed by atoms with E-state index < -0.39 is 0 Å². The van der Waals surface area contributed by atoms with Crippen molar-refractivity contribution in [3.05, 3.63) is 0 Å². The molecule has 1 atom stereocenters. The molecule has 0 aliphatic rings. The van der Waals surface area contributed by atoms with Crippen molar-refractivity contribution in [1.82, 2.24) is 0 Å². The molecule has 0 rings (SSSR count). The van der Waals surface area contributed by atoms with Gasteiger partial charge in [0, 0.05) is 13.7 Å². The monoisotopic (exact) mass is 242 g/mol. The van der Waals surface area contributed by atoms with Crippen LogP contribution in [-0.4, -0.2) is 13.7 Å². The number of rotatable bonds is 13. The van der Waals surface area contributed by atoms with Crippen molar-refractivity contribution in [2.24, 2.45) is 5.92 Å². The Morgan fingerprint density at radius 2 is 1.18 bits per heavy atom. The van der Waals surface area contributed by atoms with Crippen molar-refractivity contribution in [2.75, 3.05) is 13.7 Å². The molecule has 0 aromatic rings. The third kappa shape index (κ3) is 12.2. The molecule has 0 saturated heterocycles. The zero-order valence-electron chi connectivity index (χ0n) is 12.5. The minimum atomic E-state index is 0.818. The average molecular weight is 242 g/mol. The smallest absolute Gasteiger partial charge is 0.0490 e. The summed E-state index contributed by atoms with van der Waals surface area (Å²) in [4.78, 5) is 0. The average Bonchev–Trinajstić information content (AvgIpc) is 2.34. The predicted octanol–water partition coefficient (Wildman–Crippen LogP) is 5.58. The van der Waals surface area contributed by atoms with E-state index in [1.807, 2.05) is 7.11 Å². The summed E-state index contributed by atoms with van der Waals surface area (Å²) in [6.07, 6.45) is 15.3. The SMILES string of the molecule is CCCCCCCC(CCCCCC)COC. The minimum absolute atomic E-state index is 0.818. The Morgan fingerprint density at radius 3 is 1.65 bits per heavy atom. The Kier molecular flexibility index (Phi) is 14.0. The maximum absolute atomic E-state index is 5.34. The van der Waals surface area contributed by atoms with Gasteiger partial charge in [0.2, 0.25) is 0 Å². The predicted molar refractivity (Wildman–Crippen MR) is 77.5 cm³/mol. The highest BCUT2D eigenvalue weighted by Gasteiger charge is 2.07. The topological polar surface area (TPSA) is 9.23 Å². The zero-order chi connectivity index (χ0) is 12.8. The number of ether oxygens (including phenoxy) is 1. The standard InChI is InChI=1S/C16H34O/c1-4-6-8-10-12-14-16(15-17-3)13-11-9-7-5-2/h16H,4-15H2,1-3H3. The first-order valence-electron chi connectivity index (χ1n) is 7.84. The van der Waals surface area contributed by atoms with Crippen LogP contribution in [0, 0.1) is 5.92 Å². The van der Waals surface area contributed by atoms with Gasteiger partial charge in [0.1, 0.15) is 0 Å². The second-order valence-corrected chi connectivity index (χ2v) is 5.37. The van der Waals surface area contributed by atoms with Crippen LogP contribution in [0.2, 0.25) is 0 Å². The van der Waals surface area contributed by atoms with Gasteiger partial charge in [0.15, 0.2) is 0 Å². The molecule has 1 nitrogen and oxygen atoms in total. The first-order chi connectivity index (χ1) is 8.35. The summed E-state index contributed by atoms with van der Waals surface area (Å²) in [6, 6.07) is 0. The molecular weight excluding hydrogens is 208 g/mol. The highest BCUT2D eigenvalue weighted by atomic mass is 16.5. The quantitative estimate of drug-likeness (QED) is 0.383. The van der Waals surface area contributed by atoms with Gasteiger partial charge in [-0.15, -0.1) is 0 Å². The normalized spacial score (nSPS) is 12.9. The molecule has 0 bridgehead atoms. The van der Waals surface area contributed by atoms with Crippen molar-refractivity contribution in [3.8, 4) is 0 Å². The highest BCUT2D eigenvalue weighted by Crippen LogP contribution is 2.18. The summed E-state index contributed by atoms with van der Waals surface area (Å²) in [7, 11) is 1.84. The fraction of sp³-hybridized carbons (Fsp3) is 1.00. The lowest BCUT2D eigenvalue weighted by atomic mass is 9.95. The fourth-order valence-corrected chi connectivity index (χ4v) is 2.44. The van der Waals surface area contributed by atoms with Gasteiger partial charge < -0.3 is 4.74 Å². The molecule has 0 N–H and O–H groups in total. The van der Waals surface area contributed by atoms with E-state index in [4.69, 9.17) is 4.74 Å². The number of hydrogen-bond acceptors (Lipinski definition) is 1.